The van der Waals surface area contributed by atoms with Gasteiger partial charge in [-0.2, -0.15) is 0 Å². The number of carbonyl (C=O) groups excluding carboxylic acids is 1. The molecule has 22 heavy (non-hydrogen) atoms. The van der Waals surface area contributed by atoms with Crippen LogP contribution in [0.15, 0.2) is 30.3 Å². The standard InChI is InChI=1S/C16H19N3O3/c1-10-9-13(15(20)22-4)19-16(17-10)18-11(2)12-7-5-6-8-14(12)21-3/h5-9,11H,1-4H3,(H,17,18,19)/t11-/m0/s1. The molecule has 0 spiro atoms. The van der Waals surface area contributed by atoms with Crippen molar-refractivity contribution in [2.45, 2.75) is 19.9 Å². The Labute approximate surface area is 129 Å². The summed E-state index contributed by atoms with van der Waals surface area (Å²) in [6.45, 7) is 3.77. The second kappa shape index (κ2) is 6.89. The number of hydrogen-bond donors (Lipinski definition) is 1. The van der Waals surface area contributed by atoms with Crippen LogP contribution < -0.4 is 10.1 Å². The average Bonchev–Trinajstić information content (AvgIpc) is 2.53. The minimum Gasteiger partial charge on any atom is -0.496 e. The summed E-state index contributed by atoms with van der Waals surface area (Å²) >= 11 is 0. The lowest BCUT2D eigenvalue weighted by atomic mass is 10.1. The zero-order valence-corrected chi connectivity index (χ0v) is 13.1. The van der Waals surface area contributed by atoms with Gasteiger partial charge in [-0.3, -0.25) is 0 Å². The summed E-state index contributed by atoms with van der Waals surface area (Å²) in [7, 11) is 2.95. The van der Waals surface area contributed by atoms with E-state index in [0.29, 0.717) is 11.6 Å². The summed E-state index contributed by atoms with van der Waals surface area (Å²) in [6, 6.07) is 9.21. The Kier molecular flexibility index (Phi) is 4.93. The first-order valence-electron chi connectivity index (χ1n) is 6.88. The number of anilines is 1. The highest BCUT2D eigenvalue weighted by molar-refractivity contribution is 5.87. The monoisotopic (exact) mass is 301 g/mol. The fourth-order valence-electron chi connectivity index (χ4n) is 2.14. The number of benzene rings is 1. The van der Waals surface area contributed by atoms with E-state index in [1.807, 2.05) is 31.2 Å². The van der Waals surface area contributed by atoms with Gasteiger partial charge in [0.25, 0.3) is 0 Å². The van der Waals surface area contributed by atoms with E-state index < -0.39 is 5.97 Å². The lowest BCUT2D eigenvalue weighted by Crippen LogP contribution is -2.14. The fourth-order valence-corrected chi connectivity index (χ4v) is 2.14. The van der Waals surface area contributed by atoms with Gasteiger partial charge >= 0.3 is 5.97 Å². The molecule has 1 aromatic heterocycles. The highest BCUT2D eigenvalue weighted by atomic mass is 16.5. The second-order valence-corrected chi connectivity index (χ2v) is 4.82. The van der Waals surface area contributed by atoms with E-state index in [1.165, 1.54) is 7.11 Å². The normalized spacial score (nSPS) is 11.6. The first-order chi connectivity index (χ1) is 10.5. The highest BCUT2D eigenvalue weighted by Gasteiger charge is 2.15. The van der Waals surface area contributed by atoms with Crippen LogP contribution in [-0.4, -0.2) is 30.2 Å². The van der Waals surface area contributed by atoms with E-state index in [4.69, 9.17) is 9.47 Å². The van der Waals surface area contributed by atoms with Gasteiger partial charge in [-0.1, -0.05) is 18.2 Å². The lowest BCUT2D eigenvalue weighted by molar-refractivity contribution is 0.0594. The quantitative estimate of drug-likeness (QED) is 0.856. The second-order valence-electron chi connectivity index (χ2n) is 4.82. The molecule has 6 nitrogen and oxygen atoms in total. The summed E-state index contributed by atoms with van der Waals surface area (Å²) in [5.74, 6) is 0.667. The predicted octanol–water partition coefficient (Wildman–Crippen LogP) is 2.75. The van der Waals surface area contributed by atoms with Gasteiger partial charge in [-0.05, 0) is 26.0 Å². The van der Waals surface area contributed by atoms with E-state index in [1.54, 1.807) is 20.1 Å². The molecule has 1 atom stereocenters. The van der Waals surface area contributed by atoms with Crippen molar-refractivity contribution in [1.29, 1.82) is 0 Å². The van der Waals surface area contributed by atoms with Gasteiger partial charge in [-0.15, -0.1) is 0 Å². The maximum absolute atomic E-state index is 11.6. The number of methoxy groups -OCH3 is 2. The SMILES string of the molecule is COC(=O)c1cc(C)nc(N[C@@H](C)c2ccccc2OC)n1. The topological polar surface area (TPSA) is 73.3 Å². The maximum Gasteiger partial charge on any atom is 0.356 e. The number of para-hydroxylation sites is 1. The molecule has 0 fully saturated rings. The third-order valence-corrected chi connectivity index (χ3v) is 3.20. The van der Waals surface area contributed by atoms with Crippen LogP contribution in [-0.2, 0) is 4.74 Å². The molecule has 1 heterocycles. The van der Waals surface area contributed by atoms with E-state index in [9.17, 15) is 4.79 Å². The zero-order chi connectivity index (χ0) is 16.1. The molecule has 0 unspecified atom stereocenters. The van der Waals surface area contributed by atoms with Gasteiger partial charge in [0.1, 0.15) is 5.75 Å². The number of aromatic nitrogens is 2. The molecular weight excluding hydrogens is 282 g/mol. The van der Waals surface area contributed by atoms with Crippen molar-refractivity contribution in [3.63, 3.8) is 0 Å². The maximum atomic E-state index is 11.6. The van der Waals surface area contributed by atoms with E-state index in [-0.39, 0.29) is 11.7 Å². The molecule has 2 aromatic rings. The Hall–Kier alpha value is -2.63. The van der Waals surface area contributed by atoms with Crippen LogP contribution >= 0.6 is 0 Å². The molecule has 0 aliphatic carbocycles. The molecule has 1 N–H and O–H groups in total. The number of nitrogens with zero attached hydrogens (tertiary/aromatic N) is 2. The molecule has 0 bridgehead atoms. The van der Waals surface area contributed by atoms with E-state index >= 15 is 0 Å². The summed E-state index contributed by atoms with van der Waals surface area (Å²) in [4.78, 5) is 20.1. The van der Waals surface area contributed by atoms with E-state index in [2.05, 4.69) is 15.3 Å². The number of nitrogens with one attached hydrogen (secondary N) is 1. The van der Waals surface area contributed by atoms with Crippen LogP contribution in [0.2, 0.25) is 0 Å². The molecule has 2 rings (SSSR count). The lowest BCUT2D eigenvalue weighted by Gasteiger charge is -2.17. The Morgan fingerprint density at radius 2 is 1.95 bits per heavy atom. The molecule has 0 radical (unpaired) electrons. The van der Waals surface area contributed by atoms with Crippen LogP contribution in [0.3, 0.4) is 0 Å². The third kappa shape index (κ3) is 3.52. The molecule has 0 amide bonds. The van der Waals surface area contributed by atoms with Crippen LogP contribution in [0.5, 0.6) is 5.75 Å². The van der Waals surface area contributed by atoms with Crippen molar-refractivity contribution in [2.75, 3.05) is 19.5 Å². The first-order valence-corrected chi connectivity index (χ1v) is 6.88. The van der Waals surface area contributed by atoms with Gasteiger partial charge < -0.3 is 14.8 Å². The molecule has 6 heteroatoms. The molecular formula is C16H19N3O3. The van der Waals surface area contributed by atoms with Crippen molar-refractivity contribution in [2.24, 2.45) is 0 Å². The summed E-state index contributed by atoms with van der Waals surface area (Å²) in [6.07, 6.45) is 0. The Morgan fingerprint density at radius 3 is 2.64 bits per heavy atom. The van der Waals surface area contributed by atoms with Gasteiger partial charge in [0.15, 0.2) is 5.69 Å². The number of ether oxygens (including phenoxy) is 2. The van der Waals surface area contributed by atoms with Crippen molar-refractivity contribution in [3.05, 3.63) is 47.3 Å². The molecule has 0 aliphatic heterocycles. The van der Waals surface area contributed by atoms with Crippen molar-refractivity contribution < 1.29 is 14.3 Å². The minimum absolute atomic E-state index is 0.0801. The minimum atomic E-state index is -0.488. The summed E-state index contributed by atoms with van der Waals surface area (Å²) in [5.41, 5.74) is 1.89. The first kappa shape index (κ1) is 15.8. The zero-order valence-electron chi connectivity index (χ0n) is 13.1. The number of hydrogen-bond acceptors (Lipinski definition) is 6. The van der Waals surface area contributed by atoms with Crippen molar-refractivity contribution in [1.82, 2.24) is 9.97 Å². The number of carbonyl (C=O) groups is 1. The van der Waals surface area contributed by atoms with E-state index in [0.717, 1.165) is 11.3 Å². The van der Waals surface area contributed by atoms with Crippen LogP contribution in [0.1, 0.15) is 34.7 Å². The van der Waals surface area contributed by atoms with Gasteiger partial charge in [0.05, 0.1) is 20.3 Å². The average molecular weight is 301 g/mol. The molecule has 0 saturated heterocycles. The van der Waals surface area contributed by atoms with Gasteiger partial charge in [-0.25, -0.2) is 14.8 Å². The fraction of sp³-hybridized carbons (Fsp3) is 0.312. The molecule has 0 saturated carbocycles. The van der Waals surface area contributed by atoms with Crippen LogP contribution in [0.25, 0.3) is 0 Å². The summed E-state index contributed by atoms with van der Waals surface area (Å²) in [5, 5.41) is 3.18. The van der Waals surface area contributed by atoms with Crippen molar-refractivity contribution in [3.8, 4) is 5.75 Å². The Balaban J connectivity index is 2.26. The largest absolute Gasteiger partial charge is 0.496 e. The number of rotatable bonds is 5. The number of esters is 1. The molecule has 116 valence electrons. The highest BCUT2D eigenvalue weighted by Crippen LogP contribution is 2.26. The third-order valence-electron chi connectivity index (χ3n) is 3.20. The molecule has 1 aromatic carbocycles. The Morgan fingerprint density at radius 1 is 1.23 bits per heavy atom. The predicted molar refractivity (Wildman–Crippen MR) is 83.1 cm³/mol. The van der Waals surface area contributed by atoms with Crippen LogP contribution in [0, 0.1) is 6.92 Å². The number of aryl methyl sites for hydroxylation is 1. The smallest absolute Gasteiger partial charge is 0.356 e. The van der Waals surface area contributed by atoms with Crippen LogP contribution in [0.4, 0.5) is 5.95 Å². The van der Waals surface area contributed by atoms with Gasteiger partial charge in [0, 0.05) is 11.3 Å². The summed E-state index contributed by atoms with van der Waals surface area (Å²) < 4.78 is 10.0. The Bertz CT molecular complexity index is 673. The van der Waals surface area contributed by atoms with Gasteiger partial charge in [0.2, 0.25) is 5.95 Å². The van der Waals surface area contributed by atoms with Crippen molar-refractivity contribution >= 4 is 11.9 Å². The molecule has 0 aliphatic rings.